The number of hydrogen-bond donors (Lipinski definition) is 0. The highest BCUT2D eigenvalue weighted by molar-refractivity contribution is 7.98. The van der Waals surface area contributed by atoms with Crippen LogP contribution in [0.3, 0.4) is 0 Å². The van der Waals surface area contributed by atoms with Crippen molar-refractivity contribution in [3.05, 3.63) is 47.9 Å². The van der Waals surface area contributed by atoms with Gasteiger partial charge in [-0.3, -0.25) is 0 Å². The Balaban J connectivity index is 2.33. The lowest BCUT2D eigenvalue weighted by atomic mass is 10.3. The van der Waals surface area contributed by atoms with Gasteiger partial charge < -0.3 is 4.74 Å². The van der Waals surface area contributed by atoms with E-state index >= 15 is 0 Å². The summed E-state index contributed by atoms with van der Waals surface area (Å²) in [7, 11) is 0. The molecule has 2 nitrogen and oxygen atoms in total. The van der Waals surface area contributed by atoms with Gasteiger partial charge in [0.05, 0.1) is 12.1 Å². The average molecular weight is 284 g/mol. The van der Waals surface area contributed by atoms with Gasteiger partial charge in [0, 0.05) is 10.5 Å². The first-order valence-electron chi connectivity index (χ1n) is 5.26. The van der Waals surface area contributed by atoms with Crippen molar-refractivity contribution in [2.24, 2.45) is 0 Å². The van der Waals surface area contributed by atoms with Crippen LogP contribution in [0.25, 0.3) is 0 Å². The Morgan fingerprint density at radius 1 is 1.39 bits per heavy atom. The highest BCUT2D eigenvalue weighted by Gasteiger charge is 2.09. The van der Waals surface area contributed by atoms with Crippen LogP contribution in [0.5, 0.6) is 11.6 Å². The third-order valence-corrected chi connectivity index (χ3v) is 3.38. The first-order valence-corrected chi connectivity index (χ1v) is 7.01. The van der Waals surface area contributed by atoms with E-state index in [2.05, 4.69) is 4.98 Å². The van der Waals surface area contributed by atoms with Gasteiger partial charge in [0.25, 0.3) is 0 Å². The molecule has 0 saturated heterocycles. The molecule has 0 atom stereocenters. The van der Waals surface area contributed by atoms with Gasteiger partial charge in [0.1, 0.15) is 11.6 Å². The third kappa shape index (κ3) is 2.94. The molecule has 0 spiro atoms. The van der Waals surface area contributed by atoms with Gasteiger partial charge in [-0.1, -0.05) is 12.1 Å². The molecule has 0 N–H and O–H groups in total. The van der Waals surface area contributed by atoms with Crippen molar-refractivity contribution in [3.8, 4) is 11.6 Å². The Morgan fingerprint density at radius 3 is 2.89 bits per heavy atom. The first-order chi connectivity index (χ1) is 8.74. The molecule has 94 valence electrons. The molecule has 2 rings (SSSR count). The Labute approximate surface area is 114 Å². The smallest absolute Gasteiger partial charge is 0.223 e. The maximum atomic E-state index is 13.0. The summed E-state index contributed by atoms with van der Waals surface area (Å²) < 4.78 is 18.7. The molecule has 0 unspecified atom stereocenters. The number of hydrogen-bond acceptors (Lipinski definition) is 3. The number of rotatable bonds is 4. The zero-order valence-corrected chi connectivity index (χ0v) is 11.3. The van der Waals surface area contributed by atoms with Crippen molar-refractivity contribution in [2.45, 2.75) is 10.8 Å². The summed E-state index contributed by atoms with van der Waals surface area (Å²) in [6, 6.07) is 8.92. The number of aromatic nitrogens is 1. The minimum Gasteiger partial charge on any atom is -0.438 e. The first kappa shape index (κ1) is 13.2. The lowest BCUT2D eigenvalue weighted by Gasteiger charge is -2.10. The molecule has 0 saturated carbocycles. The van der Waals surface area contributed by atoms with Gasteiger partial charge in [-0.2, -0.15) is 0 Å². The molecule has 1 aromatic heterocycles. The average Bonchev–Trinajstić information content (AvgIpc) is 2.41. The van der Waals surface area contributed by atoms with Crippen molar-refractivity contribution in [3.63, 3.8) is 0 Å². The second kappa shape index (κ2) is 6.07. The van der Waals surface area contributed by atoms with E-state index in [-0.39, 0.29) is 5.88 Å². The molecule has 0 fully saturated rings. The number of ether oxygens (including phenoxy) is 1. The zero-order valence-electron chi connectivity index (χ0n) is 9.69. The van der Waals surface area contributed by atoms with Gasteiger partial charge in [0.2, 0.25) is 5.88 Å². The second-order valence-corrected chi connectivity index (χ2v) is 4.62. The summed E-state index contributed by atoms with van der Waals surface area (Å²) in [5.74, 6) is 0.765. The van der Waals surface area contributed by atoms with E-state index in [1.54, 1.807) is 11.8 Å². The van der Waals surface area contributed by atoms with Crippen LogP contribution in [0.15, 0.2) is 41.4 Å². The van der Waals surface area contributed by atoms with Crippen LogP contribution < -0.4 is 4.74 Å². The molecule has 18 heavy (non-hydrogen) atoms. The van der Waals surface area contributed by atoms with Crippen molar-refractivity contribution in [1.82, 2.24) is 4.98 Å². The minimum absolute atomic E-state index is 0.154. The molecule has 1 heterocycles. The van der Waals surface area contributed by atoms with E-state index in [0.29, 0.717) is 17.2 Å². The lowest BCUT2D eigenvalue weighted by molar-refractivity contribution is 0.444. The largest absolute Gasteiger partial charge is 0.438 e. The quantitative estimate of drug-likeness (QED) is 0.610. The maximum Gasteiger partial charge on any atom is 0.223 e. The Hall–Kier alpha value is -1.26. The summed E-state index contributed by atoms with van der Waals surface area (Å²) in [4.78, 5) is 4.92. The molecule has 0 aliphatic rings. The molecule has 0 radical (unpaired) electrons. The number of pyridine rings is 1. The third-order valence-electron chi connectivity index (χ3n) is 2.31. The zero-order chi connectivity index (χ0) is 13.0. The van der Waals surface area contributed by atoms with Crippen molar-refractivity contribution >= 4 is 23.4 Å². The fourth-order valence-electron chi connectivity index (χ4n) is 1.46. The number of nitrogens with zero attached hydrogens (tertiary/aromatic N) is 1. The predicted molar refractivity (Wildman–Crippen MR) is 72.0 cm³/mol. The van der Waals surface area contributed by atoms with Crippen LogP contribution in [-0.2, 0) is 5.88 Å². The van der Waals surface area contributed by atoms with Crippen LogP contribution in [0.2, 0.25) is 0 Å². The normalized spacial score (nSPS) is 10.4. The van der Waals surface area contributed by atoms with E-state index in [1.165, 1.54) is 6.07 Å². The maximum absolute atomic E-state index is 13.0. The van der Waals surface area contributed by atoms with Crippen molar-refractivity contribution in [2.75, 3.05) is 6.26 Å². The molecule has 0 amide bonds. The summed E-state index contributed by atoms with van der Waals surface area (Å²) in [6.07, 6.45) is 3.08. The highest BCUT2D eigenvalue weighted by atomic mass is 35.5. The van der Waals surface area contributed by atoms with Gasteiger partial charge in [-0.25, -0.2) is 9.37 Å². The minimum atomic E-state index is -0.420. The van der Waals surface area contributed by atoms with Crippen molar-refractivity contribution in [1.29, 1.82) is 0 Å². The number of para-hydroxylation sites is 1. The van der Waals surface area contributed by atoms with Crippen LogP contribution in [0.4, 0.5) is 4.39 Å². The SMILES string of the molecule is CSc1ccccc1Oc1ncc(F)cc1CCl. The molecule has 2 aromatic rings. The molecule has 5 heteroatoms. The number of benzene rings is 1. The van der Waals surface area contributed by atoms with Gasteiger partial charge in [-0.15, -0.1) is 23.4 Å². The van der Waals surface area contributed by atoms with Gasteiger partial charge >= 0.3 is 0 Å². The fraction of sp³-hybridized carbons (Fsp3) is 0.154. The Bertz CT molecular complexity index is 550. The van der Waals surface area contributed by atoms with E-state index in [9.17, 15) is 4.39 Å². The monoisotopic (exact) mass is 283 g/mol. The number of thioether (sulfide) groups is 1. The summed E-state index contributed by atoms with van der Waals surface area (Å²) in [5, 5.41) is 0. The fourth-order valence-corrected chi connectivity index (χ4v) is 2.18. The van der Waals surface area contributed by atoms with Crippen LogP contribution in [-0.4, -0.2) is 11.2 Å². The topological polar surface area (TPSA) is 22.1 Å². The molecular weight excluding hydrogens is 273 g/mol. The summed E-state index contributed by atoms with van der Waals surface area (Å²) in [6.45, 7) is 0. The Kier molecular flexibility index (Phi) is 4.44. The molecule has 1 aromatic carbocycles. The highest BCUT2D eigenvalue weighted by Crippen LogP contribution is 2.32. The summed E-state index contributed by atoms with van der Waals surface area (Å²) in [5.41, 5.74) is 0.535. The molecule has 0 bridgehead atoms. The predicted octanol–water partition coefficient (Wildman–Crippen LogP) is 4.47. The van der Waals surface area contributed by atoms with E-state index in [1.807, 2.05) is 30.5 Å². The van der Waals surface area contributed by atoms with E-state index < -0.39 is 5.82 Å². The Morgan fingerprint density at radius 2 is 2.17 bits per heavy atom. The van der Waals surface area contributed by atoms with E-state index in [0.717, 1.165) is 11.1 Å². The van der Waals surface area contributed by atoms with Crippen LogP contribution >= 0.6 is 23.4 Å². The standard InChI is InChI=1S/C13H11ClFNOS/c1-18-12-5-3-2-4-11(12)17-13-9(7-14)6-10(15)8-16-13/h2-6,8H,7H2,1H3. The number of halogens is 2. The summed E-state index contributed by atoms with van der Waals surface area (Å²) >= 11 is 7.32. The van der Waals surface area contributed by atoms with Crippen LogP contribution in [0.1, 0.15) is 5.56 Å². The van der Waals surface area contributed by atoms with E-state index in [4.69, 9.17) is 16.3 Å². The van der Waals surface area contributed by atoms with Gasteiger partial charge in [0.15, 0.2) is 0 Å². The second-order valence-electron chi connectivity index (χ2n) is 3.50. The van der Waals surface area contributed by atoms with Gasteiger partial charge in [-0.05, 0) is 24.5 Å². The number of alkyl halides is 1. The molecule has 0 aliphatic carbocycles. The van der Waals surface area contributed by atoms with Crippen molar-refractivity contribution < 1.29 is 9.13 Å². The van der Waals surface area contributed by atoms with Crippen LogP contribution in [0, 0.1) is 5.82 Å². The molecular formula is C13H11ClFNOS. The lowest BCUT2D eigenvalue weighted by Crippen LogP contribution is -1.95. The molecule has 0 aliphatic heterocycles.